The highest BCUT2D eigenvalue weighted by Gasteiger charge is 2.33. The molecule has 4 bridgehead atoms. The second kappa shape index (κ2) is 13.4. The van der Waals surface area contributed by atoms with Crippen LogP contribution >= 0.6 is 0 Å². The highest BCUT2D eigenvalue weighted by atomic mass is 16.5. The van der Waals surface area contributed by atoms with Crippen molar-refractivity contribution < 1.29 is 23.9 Å². The molecule has 11 nitrogen and oxygen atoms in total. The summed E-state index contributed by atoms with van der Waals surface area (Å²) in [4.78, 5) is 53.9. The van der Waals surface area contributed by atoms with Crippen LogP contribution in [0.4, 0.5) is 0 Å². The predicted molar refractivity (Wildman–Crippen MR) is 154 cm³/mol. The molecular weight excluding hydrogens is 538 g/mol. The molecule has 2 atom stereocenters. The Labute approximate surface area is 243 Å². The average Bonchev–Trinajstić information content (AvgIpc) is 2.98. The lowest BCUT2D eigenvalue weighted by Gasteiger charge is -2.39. The number of hydrogen-bond donors (Lipinski definition) is 2. The molecule has 3 heterocycles. The zero-order valence-electron chi connectivity index (χ0n) is 23.6. The first-order valence-electron chi connectivity index (χ1n) is 14.2. The number of fused-ring (bicyclic) bond motifs is 5. The number of likely N-dealkylation sites (N-methyl/N-ethyl adjacent to an activating group) is 1. The highest BCUT2D eigenvalue weighted by molar-refractivity contribution is 5.86. The zero-order chi connectivity index (χ0) is 29.5. The van der Waals surface area contributed by atoms with Gasteiger partial charge in [0.1, 0.15) is 11.5 Å². The number of nitrogens with one attached hydrogen (secondary N) is 2. The van der Waals surface area contributed by atoms with Crippen LogP contribution in [-0.4, -0.2) is 76.0 Å². The Bertz CT molecular complexity index is 1470. The fraction of sp³-hybridized carbons (Fsp3) is 0.387. The Hall–Kier alpha value is -4.51. The van der Waals surface area contributed by atoms with Gasteiger partial charge in [-0.25, -0.2) is 5.10 Å². The van der Waals surface area contributed by atoms with E-state index >= 15 is 0 Å². The molecule has 0 unspecified atom stereocenters. The van der Waals surface area contributed by atoms with Crippen LogP contribution in [0.5, 0.6) is 11.5 Å². The lowest BCUT2D eigenvalue weighted by atomic mass is 10.0. The van der Waals surface area contributed by atoms with E-state index in [1.54, 1.807) is 11.0 Å². The number of aromatic nitrogens is 2. The molecule has 0 aliphatic carbocycles. The fourth-order valence-electron chi connectivity index (χ4n) is 5.25. The van der Waals surface area contributed by atoms with Crippen molar-refractivity contribution in [1.29, 1.82) is 0 Å². The van der Waals surface area contributed by atoms with Gasteiger partial charge in [-0.2, -0.15) is 5.10 Å². The smallest absolute Gasteiger partial charge is 0.264 e. The number of H-pyrrole nitrogens is 1. The van der Waals surface area contributed by atoms with E-state index in [2.05, 4.69) is 15.5 Å². The summed E-state index contributed by atoms with van der Waals surface area (Å²) in [5.41, 5.74) is 2.03. The molecule has 1 aromatic heterocycles. The summed E-state index contributed by atoms with van der Waals surface area (Å²) in [6.45, 7) is 3.18. The van der Waals surface area contributed by atoms with Crippen molar-refractivity contribution in [3.05, 3.63) is 87.8 Å². The number of aromatic amines is 1. The predicted octanol–water partition coefficient (Wildman–Crippen LogP) is 2.20. The molecule has 220 valence electrons. The lowest BCUT2D eigenvalue weighted by Crippen LogP contribution is -2.58. The molecule has 1 fully saturated rings. The number of likely N-dealkylation sites (tertiary alicyclic amines) is 1. The number of ether oxygens (including phenoxy) is 2. The molecule has 0 saturated carbocycles. The van der Waals surface area contributed by atoms with Gasteiger partial charge in [0.05, 0.1) is 37.4 Å². The third-order valence-corrected chi connectivity index (χ3v) is 7.50. The summed E-state index contributed by atoms with van der Waals surface area (Å²) < 4.78 is 12.4. The minimum absolute atomic E-state index is 0.0731. The van der Waals surface area contributed by atoms with Gasteiger partial charge >= 0.3 is 0 Å². The van der Waals surface area contributed by atoms with Crippen molar-refractivity contribution in [1.82, 2.24) is 25.3 Å². The Morgan fingerprint density at radius 3 is 2.52 bits per heavy atom. The van der Waals surface area contributed by atoms with Crippen molar-refractivity contribution in [3.8, 4) is 11.5 Å². The van der Waals surface area contributed by atoms with Crippen molar-refractivity contribution in [2.75, 3.05) is 26.2 Å². The van der Waals surface area contributed by atoms with Gasteiger partial charge in [-0.1, -0.05) is 24.3 Å². The molecule has 0 spiro atoms. The van der Waals surface area contributed by atoms with E-state index in [4.69, 9.17) is 9.47 Å². The minimum Gasteiger partial charge on any atom is -0.457 e. The van der Waals surface area contributed by atoms with E-state index in [0.717, 1.165) is 11.1 Å². The summed E-state index contributed by atoms with van der Waals surface area (Å²) in [6, 6.07) is 17.5. The fourth-order valence-corrected chi connectivity index (χ4v) is 5.25. The molecule has 1 saturated heterocycles. The first-order valence-corrected chi connectivity index (χ1v) is 14.2. The molecule has 42 heavy (non-hydrogen) atoms. The first kappa shape index (κ1) is 29.0. The van der Waals surface area contributed by atoms with Gasteiger partial charge in [0.2, 0.25) is 17.7 Å². The van der Waals surface area contributed by atoms with Gasteiger partial charge in [-0.05, 0) is 54.8 Å². The second-order valence-corrected chi connectivity index (χ2v) is 10.5. The van der Waals surface area contributed by atoms with E-state index in [1.165, 1.54) is 11.0 Å². The number of amides is 3. The number of aryl methyl sites for hydroxylation is 1. The quantitative estimate of drug-likeness (QED) is 0.489. The number of carbonyl (C=O) groups excluding carboxylic acids is 3. The molecule has 2 aliphatic heterocycles. The summed E-state index contributed by atoms with van der Waals surface area (Å²) in [5.74, 6) is 0.730. The van der Waals surface area contributed by atoms with Gasteiger partial charge in [0.25, 0.3) is 5.56 Å². The van der Waals surface area contributed by atoms with E-state index < -0.39 is 6.04 Å². The molecule has 3 amide bonds. The highest BCUT2D eigenvalue weighted by Crippen LogP contribution is 2.25. The topological polar surface area (TPSA) is 134 Å². The number of hydrogen-bond acceptors (Lipinski definition) is 7. The molecule has 2 N–H and O–H groups in total. The van der Waals surface area contributed by atoms with Crippen LogP contribution in [-0.2, 0) is 38.6 Å². The van der Waals surface area contributed by atoms with E-state index in [9.17, 15) is 19.2 Å². The largest absolute Gasteiger partial charge is 0.457 e. The van der Waals surface area contributed by atoms with Crippen molar-refractivity contribution >= 4 is 17.7 Å². The number of nitrogens with zero attached hydrogens (tertiary/aromatic N) is 3. The van der Waals surface area contributed by atoms with E-state index in [1.807, 2.05) is 55.5 Å². The average molecular weight is 574 g/mol. The van der Waals surface area contributed by atoms with Crippen LogP contribution in [0.3, 0.4) is 0 Å². The third kappa shape index (κ3) is 7.61. The maximum Gasteiger partial charge on any atom is 0.264 e. The number of piperidine rings is 1. The Morgan fingerprint density at radius 2 is 1.79 bits per heavy atom. The molecule has 3 aromatic rings. The van der Waals surface area contributed by atoms with Gasteiger partial charge in [-0.3, -0.25) is 19.2 Å². The SMILES string of the molecule is CCN1CC(=O)N[C@H]2CN(C(=O)CCc3ccc(=O)[nH]n3)CC[C@@H]2OCc2cccc(c2)Oc2cccc(c2)CC1=O. The van der Waals surface area contributed by atoms with Gasteiger partial charge < -0.3 is 24.6 Å². The van der Waals surface area contributed by atoms with Gasteiger partial charge in [0, 0.05) is 38.5 Å². The van der Waals surface area contributed by atoms with Crippen LogP contribution in [0.2, 0.25) is 0 Å². The lowest BCUT2D eigenvalue weighted by molar-refractivity contribution is -0.139. The van der Waals surface area contributed by atoms with Gasteiger partial charge in [0.15, 0.2) is 0 Å². The normalized spacial score (nSPS) is 19.7. The summed E-state index contributed by atoms with van der Waals surface area (Å²) in [7, 11) is 0. The summed E-state index contributed by atoms with van der Waals surface area (Å²) in [5, 5.41) is 9.41. The van der Waals surface area contributed by atoms with Gasteiger partial charge in [-0.15, -0.1) is 0 Å². The van der Waals surface area contributed by atoms with E-state index in [0.29, 0.717) is 49.7 Å². The Morgan fingerprint density at radius 1 is 1.02 bits per heavy atom. The third-order valence-electron chi connectivity index (χ3n) is 7.50. The van der Waals surface area contributed by atoms with Crippen LogP contribution in [0, 0.1) is 0 Å². The van der Waals surface area contributed by atoms with Crippen LogP contribution in [0.25, 0.3) is 0 Å². The Balaban J connectivity index is 1.33. The Kier molecular flexibility index (Phi) is 9.28. The van der Waals surface area contributed by atoms with Crippen molar-refractivity contribution in [3.63, 3.8) is 0 Å². The summed E-state index contributed by atoms with van der Waals surface area (Å²) in [6.07, 6.45) is 0.945. The maximum atomic E-state index is 13.2. The first-order chi connectivity index (χ1) is 20.4. The number of rotatable bonds is 4. The molecule has 5 rings (SSSR count). The molecule has 2 aliphatic rings. The maximum absolute atomic E-state index is 13.2. The standard InChI is InChI=1S/C31H35N5O6/c1-2-35-19-29(38)32-26-18-36(30(39)12-10-23-9-11-28(37)34-33-23)14-13-27(26)41-20-22-6-4-8-25(16-22)42-24-7-3-5-21(15-24)17-31(35)40/h3-9,11,15-16,26-27H,2,10,12-14,17-20H2,1H3,(H,32,38)(H,34,37)/t26-,27-/m0/s1. The second-order valence-electron chi connectivity index (χ2n) is 10.5. The van der Waals surface area contributed by atoms with Crippen molar-refractivity contribution in [2.45, 2.75) is 51.4 Å². The molecule has 2 aromatic carbocycles. The van der Waals surface area contributed by atoms with Crippen LogP contribution in [0.1, 0.15) is 36.6 Å². The van der Waals surface area contributed by atoms with E-state index in [-0.39, 0.29) is 55.3 Å². The number of benzene rings is 2. The van der Waals surface area contributed by atoms with Crippen LogP contribution in [0.15, 0.2) is 65.5 Å². The molecule has 11 heteroatoms. The summed E-state index contributed by atoms with van der Waals surface area (Å²) >= 11 is 0. The van der Waals surface area contributed by atoms with Crippen LogP contribution < -0.4 is 15.6 Å². The molecule has 0 radical (unpaired) electrons. The van der Waals surface area contributed by atoms with Crippen molar-refractivity contribution in [2.24, 2.45) is 0 Å². The minimum atomic E-state index is -0.458. The monoisotopic (exact) mass is 573 g/mol. The zero-order valence-corrected chi connectivity index (χ0v) is 23.6. The molecular formula is C31H35N5O6. The number of carbonyl (C=O) groups is 3.